The minimum Gasteiger partial charge on any atom is -0.368 e. The third-order valence-electron chi connectivity index (χ3n) is 3.45. The van der Waals surface area contributed by atoms with Crippen molar-refractivity contribution in [2.45, 2.75) is 13.0 Å². The summed E-state index contributed by atoms with van der Waals surface area (Å²) in [4.78, 5) is 22.3. The number of hydrogen-bond acceptors (Lipinski definition) is 4. The highest BCUT2D eigenvalue weighted by Crippen LogP contribution is 2.23. The fraction of sp³-hybridized carbons (Fsp3) is 0.571. The fourth-order valence-corrected chi connectivity index (χ4v) is 2.51. The van der Waals surface area contributed by atoms with Crippen LogP contribution in [0.3, 0.4) is 0 Å². The van der Waals surface area contributed by atoms with E-state index in [2.05, 4.69) is 14.8 Å². The second-order valence-electron chi connectivity index (χ2n) is 5.39. The van der Waals surface area contributed by atoms with Crippen LogP contribution in [0.15, 0.2) is 12.1 Å². The first kappa shape index (κ1) is 15.1. The molecule has 0 saturated carbocycles. The monoisotopic (exact) mass is 296 g/mol. The van der Waals surface area contributed by atoms with E-state index >= 15 is 0 Å². The summed E-state index contributed by atoms with van der Waals surface area (Å²) < 4.78 is 0. The number of carbonyl (C=O) groups is 1. The second-order valence-corrected chi connectivity index (χ2v) is 5.78. The largest absolute Gasteiger partial charge is 0.368 e. The van der Waals surface area contributed by atoms with Crippen LogP contribution in [0.25, 0.3) is 0 Å². The summed E-state index contributed by atoms with van der Waals surface area (Å²) in [5, 5.41) is 0.508. The molecule has 6 heteroatoms. The molecule has 0 unspecified atom stereocenters. The van der Waals surface area contributed by atoms with Gasteiger partial charge in [0.15, 0.2) is 0 Å². The molecule has 1 amide bonds. The van der Waals surface area contributed by atoms with Crippen LogP contribution in [0.1, 0.15) is 12.1 Å². The van der Waals surface area contributed by atoms with Crippen LogP contribution in [0.4, 0.5) is 5.69 Å². The molecule has 110 valence electrons. The summed E-state index contributed by atoms with van der Waals surface area (Å²) in [6.07, 6.45) is 0.542. The Kier molecular flexibility index (Phi) is 4.83. The summed E-state index contributed by atoms with van der Waals surface area (Å²) in [6.45, 7) is 3.03. The van der Waals surface area contributed by atoms with Gasteiger partial charge < -0.3 is 14.7 Å². The van der Waals surface area contributed by atoms with Crippen LogP contribution < -0.4 is 4.90 Å². The molecule has 5 nitrogen and oxygen atoms in total. The number of hydrogen-bond donors (Lipinski definition) is 0. The topological polar surface area (TPSA) is 39.7 Å². The highest BCUT2D eigenvalue weighted by molar-refractivity contribution is 6.29. The van der Waals surface area contributed by atoms with Gasteiger partial charge in [-0.3, -0.25) is 4.79 Å². The molecule has 0 aliphatic carbocycles. The highest BCUT2D eigenvalue weighted by atomic mass is 35.5. The maximum absolute atomic E-state index is 11.8. The van der Waals surface area contributed by atoms with E-state index in [1.165, 1.54) is 0 Å². The van der Waals surface area contributed by atoms with Crippen LogP contribution in [0.5, 0.6) is 0 Å². The third-order valence-corrected chi connectivity index (χ3v) is 3.66. The molecule has 20 heavy (non-hydrogen) atoms. The van der Waals surface area contributed by atoms with E-state index < -0.39 is 0 Å². The van der Waals surface area contributed by atoms with Crippen LogP contribution in [-0.2, 0) is 11.3 Å². The van der Waals surface area contributed by atoms with Crippen molar-refractivity contribution in [2.24, 2.45) is 0 Å². The smallest absolute Gasteiger partial charge is 0.224 e. The van der Waals surface area contributed by atoms with Gasteiger partial charge in [0.25, 0.3) is 0 Å². The minimum absolute atomic E-state index is 0.198. The second kappa shape index (κ2) is 6.41. The van der Waals surface area contributed by atoms with E-state index in [1.54, 1.807) is 4.90 Å². The number of anilines is 1. The molecule has 0 spiro atoms. The molecular weight excluding hydrogens is 276 g/mol. The normalized spacial score (nSPS) is 16.8. The number of amides is 1. The zero-order valence-electron chi connectivity index (χ0n) is 12.3. The molecule has 1 aromatic rings. The molecule has 0 radical (unpaired) electrons. The van der Waals surface area contributed by atoms with Crippen LogP contribution in [0.2, 0.25) is 5.15 Å². The molecular formula is C14H21ClN4O. The predicted octanol–water partition coefficient (Wildman–Crippen LogP) is 1.47. The zero-order chi connectivity index (χ0) is 14.7. The Morgan fingerprint density at radius 3 is 2.75 bits per heavy atom. The summed E-state index contributed by atoms with van der Waals surface area (Å²) in [7, 11) is 5.87. The highest BCUT2D eigenvalue weighted by Gasteiger charge is 2.20. The van der Waals surface area contributed by atoms with Gasteiger partial charge in [0.05, 0.1) is 11.4 Å². The fourth-order valence-electron chi connectivity index (χ4n) is 2.34. The summed E-state index contributed by atoms with van der Waals surface area (Å²) >= 11 is 6.01. The summed E-state index contributed by atoms with van der Waals surface area (Å²) in [6, 6.07) is 3.82. The van der Waals surface area contributed by atoms with Crippen molar-refractivity contribution in [3.8, 4) is 0 Å². The number of halogens is 1. The number of aromatic nitrogens is 1. The first-order valence-corrected chi connectivity index (χ1v) is 7.14. The minimum atomic E-state index is 0.198. The van der Waals surface area contributed by atoms with Crippen molar-refractivity contribution in [1.82, 2.24) is 14.8 Å². The number of nitrogens with zero attached hydrogens (tertiary/aromatic N) is 4. The van der Waals surface area contributed by atoms with Gasteiger partial charge in [0.1, 0.15) is 5.15 Å². The van der Waals surface area contributed by atoms with Crippen LogP contribution >= 0.6 is 11.6 Å². The Labute approximate surface area is 125 Å². The maximum Gasteiger partial charge on any atom is 0.224 e. The van der Waals surface area contributed by atoms with Gasteiger partial charge in [-0.2, -0.15) is 0 Å². The zero-order valence-corrected chi connectivity index (χ0v) is 13.0. The van der Waals surface area contributed by atoms with E-state index in [-0.39, 0.29) is 5.91 Å². The van der Waals surface area contributed by atoms with E-state index in [0.717, 1.165) is 37.6 Å². The first-order chi connectivity index (χ1) is 9.47. The quantitative estimate of drug-likeness (QED) is 0.792. The van der Waals surface area contributed by atoms with Gasteiger partial charge in [-0.05, 0) is 26.2 Å². The van der Waals surface area contributed by atoms with E-state index in [1.807, 2.05) is 33.3 Å². The van der Waals surface area contributed by atoms with Crippen molar-refractivity contribution in [3.63, 3.8) is 0 Å². The standard InChI is InChI=1S/C14H21ClN4O/c1-17(2)10-11-12(4-5-13(15)16-11)19-7-6-14(20)18(3)8-9-19/h4-5H,6-10H2,1-3H3. The molecule has 1 aromatic heterocycles. The molecule has 2 rings (SSSR count). The molecule has 0 aromatic carbocycles. The van der Waals surface area contributed by atoms with E-state index in [4.69, 9.17) is 11.6 Å². The third kappa shape index (κ3) is 3.61. The van der Waals surface area contributed by atoms with E-state index in [0.29, 0.717) is 11.6 Å². The Morgan fingerprint density at radius 2 is 2.05 bits per heavy atom. The van der Waals surface area contributed by atoms with Gasteiger partial charge in [-0.15, -0.1) is 0 Å². The van der Waals surface area contributed by atoms with Gasteiger partial charge in [-0.25, -0.2) is 4.98 Å². The van der Waals surface area contributed by atoms with Crippen molar-refractivity contribution in [2.75, 3.05) is 45.7 Å². The lowest BCUT2D eigenvalue weighted by atomic mass is 10.2. The van der Waals surface area contributed by atoms with Crippen molar-refractivity contribution < 1.29 is 4.79 Å². The Morgan fingerprint density at radius 1 is 1.30 bits per heavy atom. The Bertz CT molecular complexity index is 492. The molecule has 0 atom stereocenters. The van der Waals surface area contributed by atoms with Gasteiger partial charge >= 0.3 is 0 Å². The van der Waals surface area contributed by atoms with Crippen molar-refractivity contribution in [3.05, 3.63) is 23.0 Å². The first-order valence-electron chi connectivity index (χ1n) is 6.76. The van der Waals surface area contributed by atoms with E-state index in [9.17, 15) is 4.79 Å². The lowest BCUT2D eigenvalue weighted by molar-refractivity contribution is -0.129. The lowest BCUT2D eigenvalue weighted by Gasteiger charge is -2.25. The SMILES string of the molecule is CN(C)Cc1nc(Cl)ccc1N1CCC(=O)N(C)CC1. The Hall–Kier alpha value is -1.33. The van der Waals surface area contributed by atoms with Gasteiger partial charge in [0, 0.05) is 39.6 Å². The van der Waals surface area contributed by atoms with Crippen molar-refractivity contribution >= 4 is 23.2 Å². The Balaban J connectivity index is 2.24. The molecule has 1 fully saturated rings. The van der Waals surface area contributed by atoms with Crippen molar-refractivity contribution in [1.29, 1.82) is 0 Å². The summed E-state index contributed by atoms with van der Waals surface area (Å²) in [5.74, 6) is 0.198. The van der Waals surface area contributed by atoms with Gasteiger partial charge in [-0.1, -0.05) is 11.6 Å². The van der Waals surface area contributed by atoms with Gasteiger partial charge in [0.2, 0.25) is 5.91 Å². The predicted molar refractivity (Wildman–Crippen MR) is 81.1 cm³/mol. The molecule has 1 aliphatic rings. The maximum atomic E-state index is 11.8. The van der Waals surface area contributed by atoms with Crippen LogP contribution in [0, 0.1) is 0 Å². The average molecular weight is 297 g/mol. The summed E-state index contributed by atoms with van der Waals surface area (Å²) in [5.41, 5.74) is 2.03. The molecule has 1 saturated heterocycles. The molecule has 0 bridgehead atoms. The molecule has 0 N–H and O–H groups in total. The molecule has 1 aliphatic heterocycles. The number of rotatable bonds is 3. The lowest BCUT2D eigenvalue weighted by Crippen LogP contribution is -2.31. The molecule has 2 heterocycles. The average Bonchev–Trinajstić information content (AvgIpc) is 2.53. The van der Waals surface area contributed by atoms with Crippen LogP contribution in [-0.4, -0.2) is 61.5 Å². The number of likely N-dealkylation sites (N-methyl/N-ethyl adjacent to an activating group) is 1. The number of carbonyl (C=O) groups excluding carboxylic acids is 1. The number of pyridine rings is 1.